The van der Waals surface area contributed by atoms with Gasteiger partial charge in [0.1, 0.15) is 12.1 Å². The summed E-state index contributed by atoms with van der Waals surface area (Å²) in [5.41, 5.74) is 1.13. The molecule has 4 rings (SSSR count). The summed E-state index contributed by atoms with van der Waals surface area (Å²) in [5.74, 6) is 1.60. The van der Waals surface area contributed by atoms with Crippen LogP contribution in [-0.4, -0.2) is 51.7 Å². The van der Waals surface area contributed by atoms with E-state index in [1.165, 1.54) is 12.8 Å². The van der Waals surface area contributed by atoms with Gasteiger partial charge < -0.3 is 14.2 Å². The molecular weight excluding hydrogens is 342 g/mol. The second-order valence-corrected chi connectivity index (χ2v) is 7.48. The minimum atomic E-state index is 0.0556. The fraction of sp³-hybridized carbons (Fsp3) is 0.550. The Kier molecular flexibility index (Phi) is 5.11. The maximum atomic E-state index is 11.8. The lowest BCUT2D eigenvalue weighted by molar-refractivity contribution is 0.196. The average molecular weight is 369 g/mol. The summed E-state index contributed by atoms with van der Waals surface area (Å²) in [6.07, 6.45) is 6.26. The Balaban J connectivity index is 1.42. The van der Waals surface area contributed by atoms with E-state index in [0.717, 1.165) is 44.0 Å². The standard InChI is InChI=1S/C20H27N5O2/c1-23-17(4-3-5-20(23)26)13-24-10-8-16(9-11-24)25(15-6-7-15)18-12-19(27-2)22-14-21-18/h3-5,12,14-16H,6-11,13H2,1-2H3. The van der Waals surface area contributed by atoms with Crippen molar-refractivity contribution in [2.75, 3.05) is 25.1 Å². The molecule has 1 saturated carbocycles. The third kappa shape index (κ3) is 3.98. The quantitative estimate of drug-likeness (QED) is 0.774. The first-order valence-electron chi connectivity index (χ1n) is 9.67. The Morgan fingerprint density at radius 1 is 1.15 bits per heavy atom. The van der Waals surface area contributed by atoms with Gasteiger partial charge in [0, 0.05) is 56.6 Å². The van der Waals surface area contributed by atoms with Crippen molar-refractivity contribution in [3.8, 4) is 5.88 Å². The minimum absolute atomic E-state index is 0.0556. The number of likely N-dealkylation sites (tertiary alicyclic amines) is 1. The number of hydrogen-bond donors (Lipinski definition) is 0. The van der Waals surface area contributed by atoms with Crippen LogP contribution in [0.5, 0.6) is 5.88 Å². The summed E-state index contributed by atoms with van der Waals surface area (Å²) in [5, 5.41) is 0. The van der Waals surface area contributed by atoms with E-state index in [9.17, 15) is 4.79 Å². The van der Waals surface area contributed by atoms with E-state index in [2.05, 4.69) is 19.8 Å². The summed E-state index contributed by atoms with van der Waals surface area (Å²) in [7, 11) is 3.49. The average Bonchev–Trinajstić information content (AvgIpc) is 3.52. The molecule has 1 saturated heterocycles. The number of rotatable bonds is 6. The molecular formula is C20H27N5O2. The van der Waals surface area contributed by atoms with Gasteiger partial charge in [0.15, 0.2) is 0 Å². The number of methoxy groups -OCH3 is 1. The maximum absolute atomic E-state index is 11.8. The van der Waals surface area contributed by atoms with Gasteiger partial charge in [-0.15, -0.1) is 0 Å². The fourth-order valence-corrected chi connectivity index (χ4v) is 3.96. The highest BCUT2D eigenvalue weighted by Crippen LogP contribution is 2.36. The summed E-state index contributed by atoms with van der Waals surface area (Å²) >= 11 is 0. The predicted octanol–water partition coefficient (Wildman–Crippen LogP) is 1.82. The van der Waals surface area contributed by atoms with Crippen LogP contribution < -0.4 is 15.2 Å². The molecule has 2 aliphatic rings. The zero-order valence-corrected chi connectivity index (χ0v) is 16.0. The van der Waals surface area contributed by atoms with Crippen molar-refractivity contribution in [3.63, 3.8) is 0 Å². The van der Waals surface area contributed by atoms with E-state index in [1.54, 1.807) is 24.1 Å². The van der Waals surface area contributed by atoms with E-state index in [0.29, 0.717) is 18.0 Å². The molecule has 2 aromatic heterocycles. The SMILES string of the molecule is COc1cc(N(C2CC2)C2CCN(Cc3cccc(=O)n3C)CC2)ncn1. The topological polar surface area (TPSA) is 63.5 Å². The van der Waals surface area contributed by atoms with Crippen molar-refractivity contribution in [1.82, 2.24) is 19.4 Å². The molecule has 0 unspecified atom stereocenters. The number of anilines is 1. The van der Waals surface area contributed by atoms with Gasteiger partial charge in [0.05, 0.1) is 7.11 Å². The lowest BCUT2D eigenvalue weighted by atomic mass is 10.0. The number of nitrogens with zero attached hydrogens (tertiary/aromatic N) is 5. The fourth-order valence-electron chi connectivity index (χ4n) is 3.96. The highest BCUT2D eigenvalue weighted by molar-refractivity contribution is 5.45. The molecule has 1 aliphatic heterocycles. The molecule has 7 heteroatoms. The Hall–Kier alpha value is -2.41. The zero-order valence-electron chi connectivity index (χ0n) is 16.0. The Morgan fingerprint density at radius 3 is 2.59 bits per heavy atom. The van der Waals surface area contributed by atoms with Gasteiger partial charge in [0.25, 0.3) is 0 Å². The molecule has 0 amide bonds. The molecule has 0 N–H and O–H groups in total. The molecule has 1 aliphatic carbocycles. The Morgan fingerprint density at radius 2 is 1.89 bits per heavy atom. The van der Waals surface area contributed by atoms with Crippen molar-refractivity contribution in [3.05, 3.63) is 46.6 Å². The van der Waals surface area contributed by atoms with Gasteiger partial charge in [0.2, 0.25) is 11.4 Å². The lowest BCUT2D eigenvalue weighted by Gasteiger charge is -2.39. The summed E-state index contributed by atoms with van der Waals surface area (Å²) in [6, 6.07) is 8.53. The van der Waals surface area contributed by atoms with Crippen LogP contribution in [0.4, 0.5) is 5.82 Å². The van der Waals surface area contributed by atoms with Gasteiger partial charge in [-0.2, -0.15) is 0 Å². The van der Waals surface area contributed by atoms with Gasteiger partial charge in [-0.1, -0.05) is 6.07 Å². The smallest absolute Gasteiger partial charge is 0.250 e. The number of hydrogen-bond acceptors (Lipinski definition) is 6. The van der Waals surface area contributed by atoms with E-state index in [4.69, 9.17) is 4.74 Å². The molecule has 2 fully saturated rings. The molecule has 7 nitrogen and oxygen atoms in total. The molecule has 27 heavy (non-hydrogen) atoms. The van der Waals surface area contributed by atoms with Crippen LogP contribution in [0.3, 0.4) is 0 Å². The minimum Gasteiger partial charge on any atom is -0.481 e. The first-order valence-corrected chi connectivity index (χ1v) is 9.67. The predicted molar refractivity (Wildman–Crippen MR) is 104 cm³/mol. The third-order valence-electron chi connectivity index (χ3n) is 5.67. The molecule has 2 aromatic rings. The normalized spacial score (nSPS) is 18.4. The van der Waals surface area contributed by atoms with Crippen LogP contribution in [0.2, 0.25) is 0 Å². The van der Waals surface area contributed by atoms with Crippen molar-refractivity contribution in [1.29, 1.82) is 0 Å². The third-order valence-corrected chi connectivity index (χ3v) is 5.67. The van der Waals surface area contributed by atoms with E-state index in [1.807, 2.05) is 25.2 Å². The second-order valence-electron chi connectivity index (χ2n) is 7.48. The van der Waals surface area contributed by atoms with Crippen molar-refractivity contribution in [2.45, 2.75) is 44.3 Å². The number of piperidine rings is 1. The van der Waals surface area contributed by atoms with Gasteiger partial charge in [-0.25, -0.2) is 9.97 Å². The number of ether oxygens (including phenoxy) is 1. The second kappa shape index (κ2) is 7.68. The summed E-state index contributed by atoms with van der Waals surface area (Å²) in [6.45, 7) is 2.88. The van der Waals surface area contributed by atoms with Gasteiger partial charge in [-0.3, -0.25) is 9.69 Å². The molecule has 0 atom stereocenters. The van der Waals surface area contributed by atoms with Crippen LogP contribution in [0.1, 0.15) is 31.4 Å². The number of aromatic nitrogens is 3. The van der Waals surface area contributed by atoms with Gasteiger partial charge in [-0.05, 0) is 31.7 Å². The van der Waals surface area contributed by atoms with Crippen LogP contribution >= 0.6 is 0 Å². The highest BCUT2D eigenvalue weighted by Gasteiger charge is 2.36. The summed E-state index contributed by atoms with van der Waals surface area (Å²) < 4.78 is 7.03. The van der Waals surface area contributed by atoms with Crippen LogP contribution in [0, 0.1) is 0 Å². The van der Waals surface area contributed by atoms with Gasteiger partial charge >= 0.3 is 0 Å². The van der Waals surface area contributed by atoms with E-state index >= 15 is 0 Å². The largest absolute Gasteiger partial charge is 0.481 e. The summed E-state index contributed by atoms with van der Waals surface area (Å²) in [4.78, 5) is 25.4. The first-order chi connectivity index (χ1) is 13.2. The Labute approximate surface area is 159 Å². The van der Waals surface area contributed by atoms with Crippen molar-refractivity contribution >= 4 is 5.82 Å². The maximum Gasteiger partial charge on any atom is 0.250 e. The molecule has 0 spiro atoms. The number of pyridine rings is 1. The molecule has 0 aromatic carbocycles. The molecule has 3 heterocycles. The molecule has 0 bridgehead atoms. The van der Waals surface area contributed by atoms with Crippen LogP contribution in [0.25, 0.3) is 0 Å². The van der Waals surface area contributed by atoms with Crippen LogP contribution in [-0.2, 0) is 13.6 Å². The van der Waals surface area contributed by atoms with Crippen molar-refractivity contribution in [2.24, 2.45) is 7.05 Å². The lowest BCUT2D eigenvalue weighted by Crippen LogP contribution is -2.46. The van der Waals surface area contributed by atoms with Crippen molar-refractivity contribution < 1.29 is 4.74 Å². The zero-order chi connectivity index (χ0) is 18.8. The van der Waals surface area contributed by atoms with E-state index in [-0.39, 0.29) is 5.56 Å². The Bertz CT molecular complexity index is 840. The monoisotopic (exact) mass is 369 g/mol. The van der Waals surface area contributed by atoms with Crippen LogP contribution in [0.15, 0.2) is 35.4 Å². The van der Waals surface area contributed by atoms with E-state index < -0.39 is 0 Å². The molecule has 144 valence electrons. The first kappa shape index (κ1) is 18.0. The highest BCUT2D eigenvalue weighted by atomic mass is 16.5. The molecule has 0 radical (unpaired) electrons.